The third-order valence-corrected chi connectivity index (χ3v) is 5.10. The maximum Gasteiger partial charge on any atom is 0.410 e. The molecule has 0 radical (unpaired) electrons. The van der Waals surface area contributed by atoms with Gasteiger partial charge >= 0.3 is 6.09 Å². The van der Waals surface area contributed by atoms with Crippen molar-refractivity contribution in [3.05, 3.63) is 0 Å². The van der Waals surface area contributed by atoms with Gasteiger partial charge in [-0.3, -0.25) is 4.99 Å². The van der Waals surface area contributed by atoms with Crippen LogP contribution in [-0.4, -0.2) is 79.8 Å². The zero-order valence-electron chi connectivity index (χ0n) is 17.6. The van der Waals surface area contributed by atoms with Gasteiger partial charge in [-0.25, -0.2) is 4.79 Å². The molecule has 0 unspecified atom stereocenters. The van der Waals surface area contributed by atoms with Crippen LogP contribution in [-0.2, 0) is 4.74 Å². The number of nitrogens with one attached hydrogen (secondary N) is 2. The molecule has 0 aromatic heterocycles. The average Bonchev–Trinajstić information content (AvgIpc) is 2.54. The van der Waals surface area contributed by atoms with Crippen LogP contribution in [0, 0.1) is 5.92 Å². The van der Waals surface area contributed by atoms with Crippen LogP contribution in [0.3, 0.4) is 0 Å². The topological polar surface area (TPSA) is 69.2 Å². The highest BCUT2D eigenvalue weighted by Crippen LogP contribution is 2.19. The Morgan fingerprint density at radius 2 is 1.85 bits per heavy atom. The lowest BCUT2D eigenvalue weighted by Gasteiger charge is -2.40. The fraction of sp³-hybridized carbons (Fsp3) is 0.895. The number of guanidine groups is 1. The van der Waals surface area contributed by atoms with E-state index in [2.05, 4.69) is 27.4 Å². The van der Waals surface area contributed by atoms with Gasteiger partial charge in [-0.1, -0.05) is 6.92 Å². The summed E-state index contributed by atoms with van der Waals surface area (Å²) < 4.78 is 5.38. The molecule has 2 saturated heterocycles. The molecule has 1 amide bonds. The second kappa shape index (κ2) is 11.3. The van der Waals surface area contributed by atoms with Gasteiger partial charge in [0.1, 0.15) is 5.60 Å². The van der Waals surface area contributed by atoms with Gasteiger partial charge in [-0.2, -0.15) is 0 Å². The molecule has 27 heavy (non-hydrogen) atoms. The zero-order valence-corrected chi connectivity index (χ0v) is 19.9. The SMILES string of the molecule is CCN1CCC(CCNC(=NC)NC2CN(C(=O)OC(C)(C)C)C2)CC1.I. The number of likely N-dealkylation sites (tertiary alicyclic amines) is 2. The van der Waals surface area contributed by atoms with Crippen molar-refractivity contribution in [3.63, 3.8) is 0 Å². The molecule has 0 saturated carbocycles. The van der Waals surface area contributed by atoms with Gasteiger partial charge in [0.25, 0.3) is 0 Å². The molecular weight excluding hydrogens is 457 g/mol. The fourth-order valence-electron chi connectivity index (χ4n) is 3.42. The molecule has 2 fully saturated rings. The molecule has 2 rings (SSSR count). The molecule has 0 bridgehead atoms. The summed E-state index contributed by atoms with van der Waals surface area (Å²) >= 11 is 0. The van der Waals surface area contributed by atoms with E-state index in [0.29, 0.717) is 13.1 Å². The summed E-state index contributed by atoms with van der Waals surface area (Å²) in [5, 5.41) is 6.80. The Balaban J connectivity index is 0.00000364. The van der Waals surface area contributed by atoms with Gasteiger partial charge in [-0.05, 0) is 65.6 Å². The lowest BCUT2D eigenvalue weighted by molar-refractivity contribution is 0.00701. The summed E-state index contributed by atoms with van der Waals surface area (Å²) in [5.41, 5.74) is -0.444. The van der Waals surface area contributed by atoms with E-state index in [1.807, 2.05) is 20.8 Å². The number of hydrogen-bond acceptors (Lipinski definition) is 4. The van der Waals surface area contributed by atoms with Gasteiger partial charge in [0.2, 0.25) is 0 Å². The number of carbonyl (C=O) groups excluding carboxylic acids is 1. The standard InChI is InChI=1S/C19H37N5O2.HI/c1-6-23-11-8-15(9-12-23)7-10-21-17(20-5)22-16-13-24(14-16)18(25)26-19(2,3)4;/h15-16H,6-14H2,1-5H3,(H2,20,21,22);1H. The Kier molecular flexibility index (Phi) is 10.1. The molecule has 0 aliphatic carbocycles. The third-order valence-electron chi connectivity index (χ3n) is 5.10. The summed E-state index contributed by atoms with van der Waals surface area (Å²) in [6.45, 7) is 13.8. The van der Waals surface area contributed by atoms with Crippen LogP contribution in [0.1, 0.15) is 47.0 Å². The van der Waals surface area contributed by atoms with Crippen molar-refractivity contribution in [1.29, 1.82) is 0 Å². The predicted octanol–water partition coefficient (Wildman–Crippen LogP) is 2.51. The predicted molar refractivity (Wildman–Crippen MR) is 121 cm³/mol. The van der Waals surface area contributed by atoms with E-state index in [4.69, 9.17) is 4.74 Å². The highest BCUT2D eigenvalue weighted by atomic mass is 127. The van der Waals surface area contributed by atoms with Crippen LogP contribution in [0.2, 0.25) is 0 Å². The molecule has 2 N–H and O–H groups in total. The molecule has 7 nitrogen and oxygen atoms in total. The minimum atomic E-state index is -0.444. The summed E-state index contributed by atoms with van der Waals surface area (Å²) in [6.07, 6.45) is 3.55. The van der Waals surface area contributed by atoms with Gasteiger partial charge in [0.05, 0.1) is 6.04 Å². The van der Waals surface area contributed by atoms with Crippen molar-refractivity contribution in [2.45, 2.75) is 58.6 Å². The van der Waals surface area contributed by atoms with Crippen molar-refractivity contribution < 1.29 is 9.53 Å². The van der Waals surface area contributed by atoms with E-state index in [9.17, 15) is 4.79 Å². The van der Waals surface area contributed by atoms with Crippen LogP contribution in [0.5, 0.6) is 0 Å². The molecule has 8 heteroatoms. The molecular formula is C19H38IN5O2. The fourth-order valence-corrected chi connectivity index (χ4v) is 3.42. The molecule has 0 spiro atoms. The van der Waals surface area contributed by atoms with Crippen molar-refractivity contribution in [3.8, 4) is 0 Å². The minimum absolute atomic E-state index is 0. The number of piperidine rings is 1. The van der Waals surface area contributed by atoms with Gasteiger partial charge in [-0.15, -0.1) is 24.0 Å². The highest BCUT2D eigenvalue weighted by Gasteiger charge is 2.34. The quantitative estimate of drug-likeness (QED) is 0.349. The smallest absolute Gasteiger partial charge is 0.410 e. The first-order chi connectivity index (χ1) is 12.3. The Labute approximate surface area is 181 Å². The van der Waals surface area contributed by atoms with Crippen LogP contribution in [0.25, 0.3) is 0 Å². The van der Waals surface area contributed by atoms with Crippen LogP contribution >= 0.6 is 24.0 Å². The van der Waals surface area contributed by atoms with E-state index in [-0.39, 0.29) is 36.1 Å². The van der Waals surface area contributed by atoms with Gasteiger partial charge in [0.15, 0.2) is 5.96 Å². The Morgan fingerprint density at radius 1 is 1.22 bits per heavy atom. The van der Waals surface area contributed by atoms with Crippen molar-refractivity contribution in [1.82, 2.24) is 20.4 Å². The van der Waals surface area contributed by atoms with E-state index in [0.717, 1.165) is 18.4 Å². The minimum Gasteiger partial charge on any atom is -0.444 e. The molecule has 2 heterocycles. The molecule has 2 aliphatic heterocycles. The Bertz CT molecular complexity index is 481. The van der Waals surface area contributed by atoms with Crippen molar-refractivity contribution in [2.75, 3.05) is 46.3 Å². The Morgan fingerprint density at radius 3 is 2.37 bits per heavy atom. The lowest BCUT2D eigenvalue weighted by Crippen LogP contribution is -2.63. The van der Waals surface area contributed by atoms with Crippen molar-refractivity contribution >= 4 is 36.0 Å². The second-order valence-electron chi connectivity index (χ2n) is 8.39. The number of halogens is 1. The number of aliphatic imine (C=N–C) groups is 1. The van der Waals surface area contributed by atoms with E-state index >= 15 is 0 Å². The molecule has 0 aromatic carbocycles. The molecule has 158 valence electrons. The monoisotopic (exact) mass is 495 g/mol. The maximum atomic E-state index is 12.0. The van der Waals surface area contributed by atoms with Gasteiger partial charge in [0, 0.05) is 26.7 Å². The van der Waals surface area contributed by atoms with Gasteiger partial charge < -0.3 is 25.2 Å². The Hall–Kier alpha value is -0.770. The van der Waals surface area contributed by atoms with Crippen LogP contribution in [0.4, 0.5) is 4.79 Å². The normalized spacial score (nSPS) is 19.9. The zero-order chi connectivity index (χ0) is 19.2. The first kappa shape index (κ1) is 24.3. The maximum absolute atomic E-state index is 12.0. The average molecular weight is 495 g/mol. The lowest BCUT2D eigenvalue weighted by atomic mass is 9.93. The van der Waals surface area contributed by atoms with Crippen molar-refractivity contribution in [2.24, 2.45) is 10.9 Å². The highest BCUT2D eigenvalue weighted by molar-refractivity contribution is 14.0. The summed E-state index contributed by atoms with van der Waals surface area (Å²) in [7, 11) is 1.79. The summed E-state index contributed by atoms with van der Waals surface area (Å²) in [4.78, 5) is 20.5. The number of hydrogen-bond donors (Lipinski definition) is 2. The number of ether oxygens (including phenoxy) is 1. The van der Waals surface area contributed by atoms with E-state index in [1.54, 1.807) is 11.9 Å². The molecule has 0 atom stereocenters. The van der Waals surface area contributed by atoms with E-state index in [1.165, 1.54) is 38.9 Å². The number of amides is 1. The summed E-state index contributed by atoms with van der Waals surface area (Å²) in [6, 6.07) is 0.238. The number of nitrogens with zero attached hydrogens (tertiary/aromatic N) is 3. The number of carbonyl (C=O) groups is 1. The molecule has 0 aromatic rings. The largest absolute Gasteiger partial charge is 0.444 e. The second-order valence-corrected chi connectivity index (χ2v) is 8.39. The first-order valence-electron chi connectivity index (χ1n) is 9.98. The van der Waals surface area contributed by atoms with Crippen LogP contribution in [0.15, 0.2) is 4.99 Å². The summed E-state index contributed by atoms with van der Waals surface area (Å²) in [5.74, 6) is 1.64. The van der Waals surface area contributed by atoms with Crippen LogP contribution < -0.4 is 10.6 Å². The van der Waals surface area contributed by atoms with E-state index < -0.39 is 5.60 Å². The molecule has 2 aliphatic rings. The number of rotatable bonds is 5. The first-order valence-corrected chi connectivity index (χ1v) is 9.98. The third kappa shape index (κ3) is 8.41.